The molecule has 2 aliphatic rings. The van der Waals surface area contributed by atoms with Gasteiger partial charge in [0.15, 0.2) is 0 Å². The Morgan fingerprint density at radius 2 is 1.13 bits per heavy atom. The van der Waals surface area contributed by atoms with Crippen molar-refractivity contribution in [2.75, 3.05) is 0 Å². The monoisotopic (exact) mass is 755 g/mol. The molecule has 0 saturated heterocycles. The molecule has 0 fully saturated rings. The molecule has 0 aromatic heterocycles. The van der Waals surface area contributed by atoms with Gasteiger partial charge in [0, 0.05) is 0 Å². The fraction of sp³-hybridized carbons (Fsp3) is 0.349. The van der Waals surface area contributed by atoms with Crippen molar-refractivity contribution in [1.82, 2.24) is 0 Å². The van der Waals surface area contributed by atoms with E-state index < -0.39 is 21.5 Å². The number of rotatable bonds is 6. The van der Waals surface area contributed by atoms with Crippen LogP contribution in [0.4, 0.5) is 0 Å². The van der Waals surface area contributed by atoms with Crippen LogP contribution < -0.4 is 0 Å². The summed E-state index contributed by atoms with van der Waals surface area (Å²) in [5, 5.41) is 0. The molecule has 245 valence electrons. The molecule has 0 nitrogen and oxygen atoms in total. The molecule has 47 heavy (non-hydrogen) atoms. The first-order valence-corrected chi connectivity index (χ1v) is 33.7. The summed E-state index contributed by atoms with van der Waals surface area (Å²) >= 11 is -4.87. The van der Waals surface area contributed by atoms with E-state index in [9.17, 15) is 0 Å². The summed E-state index contributed by atoms with van der Waals surface area (Å²) in [6.07, 6.45) is 4.96. The predicted octanol–water partition coefficient (Wildman–Crippen LogP) is 13.4. The van der Waals surface area contributed by atoms with E-state index in [-0.39, 0.29) is 7.25 Å². The average Bonchev–Trinajstić information content (AvgIpc) is 3.54. The number of allylic oxidation sites excluding steroid dienone is 2. The van der Waals surface area contributed by atoms with Crippen LogP contribution >= 0.6 is 17.0 Å². The van der Waals surface area contributed by atoms with Crippen LogP contribution in [0.1, 0.15) is 89.2 Å². The van der Waals surface area contributed by atoms with Gasteiger partial charge in [-0.25, -0.2) is 0 Å². The van der Waals surface area contributed by atoms with Crippen molar-refractivity contribution in [1.29, 1.82) is 0 Å². The van der Waals surface area contributed by atoms with E-state index in [1.807, 2.05) is 0 Å². The summed E-state index contributed by atoms with van der Waals surface area (Å²) in [5.74, 6) is -1.31. The number of halogens is 2. The number of hydrogen-bond donors (Lipinski definition) is 0. The molecule has 0 radical (unpaired) electrons. The van der Waals surface area contributed by atoms with Gasteiger partial charge in [0.2, 0.25) is 0 Å². The van der Waals surface area contributed by atoms with Crippen molar-refractivity contribution in [3.63, 3.8) is 0 Å². The Labute approximate surface area is 293 Å². The molecule has 4 aromatic rings. The van der Waals surface area contributed by atoms with Gasteiger partial charge < -0.3 is 0 Å². The van der Waals surface area contributed by atoms with E-state index in [0.29, 0.717) is 5.92 Å². The van der Waals surface area contributed by atoms with Crippen LogP contribution in [-0.4, -0.2) is 5.92 Å². The van der Waals surface area contributed by atoms with Crippen LogP contribution in [0.5, 0.6) is 0 Å². The summed E-state index contributed by atoms with van der Waals surface area (Å²) in [6.45, 7) is 27.6. The van der Waals surface area contributed by atoms with E-state index >= 15 is 0 Å². The number of benzene rings is 4. The summed E-state index contributed by atoms with van der Waals surface area (Å²) in [7, 11) is 17.4. The molecule has 0 amide bonds. The van der Waals surface area contributed by atoms with Gasteiger partial charge in [-0.2, -0.15) is 0 Å². The van der Waals surface area contributed by atoms with Gasteiger partial charge in [0.05, 0.1) is 0 Å². The van der Waals surface area contributed by atoms with Gasteiger partial charge in [0.1, 0.15) is 0 Å². The first kappa shape index (κ1) is 34.9. The summed E-state index contributed by atoms with van der Waals surface area (Å²) in [5.41, 5.74) is 22.8. The van der Waals surface area contributed by atoms with Crippen molar-refractivity contribution in [3.05, 3.63) is 127 Å². The fourth-order valence-corrected chi connectivity index (χ4v) is 41.8. The van der Waals surface area contributed by atoms with Gasteiger partial charge >= 0.3 is 295 Å². The molecule has 0 heterocycles. The Balaban J connectivity index is 1.63. The Bertz CT molecular complexity index is 1980. The molecule has 2 atom stereocenters. The van der Waals surface area contributed by atoms with E-state index in [0.717, 1.165) is 0 Å². The maximum atomic E-state index is 8.72. The molecule has 6 rings (SSSR count). The third-order valence-corrected chi connectivity index (χ3v) is 63.4. The molecule has 0 saturated carbocycles. The normalized spacial score (nSPS) is 18.3. The zero-order valence-electron chi connectivity index (χ0n) is 30.4. The summed E-state index contributed by atoms with van der Waals surface area (Å²) in [4.78, 5) is 0. The predicted molar refractivity (Wildman–Crippen MR) is 209 cm³/mol. The molecule has 4 heteroatoms. The Hall–Kier alpha value is -1.96. The van der Waals surface area contributed by atoms with Gasteiger partial charge in [-0.3, -0.25) is 0 Å². The van der Waals surface area contributed by atoms with E-state index in [1.165, 1.54) is 94.6 Å². The van der Waals surface area contributed by atoms with Crippen molar-refractivity contribution in [2.24, 2.45) is 5.92 Å². The Kier molecular flexibility index (Phi) is 9.00. The quantitative estimate of drug-likeness (QED) is 0.172. The number of fused-ring (bicyclic) bond motifs is 2. The molecule has 0 spiro atoms. The van der Waals surface area contributed by atoms with E-state index in [1.54, 1.807) is 0 Å². The zero-order chi connectivity index (χ0) is 34.3. The topological polar surface area (TPSA) is 0 Å². The van der Waals surface area contributed by atoms with Crippen LogP contribution in [0.2, 0.25) is 13.1 Å². The van der Waals surface area contributed by atoms with Crippen LogP contribution in [0.3, 0.4) is 0 Å². The maximum absolute atomic E-state index is 8.72. The number of aryl methyl sites for hydroxylation is 7. The van der Waals surface area contributed by atoms with Gasteiger partial charge in [-0.1, -0.05) is 0 Å². The van der Waals surface area contributed by atoms with Gasteiger partial charge in [0.25, 0.3) is 0 Å². The van der Waals surface area contributed by atoms with Crippen molar-refractivity contribution < 1.29 is 15.6 Å². The van der Waals surface area contributed by atoms with Gasteiger partial charge in [-0.05, 0) is 0 Å². The summed E-state index contributed by atoms with van der Waals surface area (Å²) in [6, 6.07) is 20.9. The zero-order valence-corrected chi connectivity index (χ0v) is 35.5. The SMILES string of the molecule is CC1=Cc2c(-c3c(C)cc(C)cc3C)ccc(C)c2[CH]1[Zr]([Cl])([Cl])([CH]1C(C(C)C)=Cc2c(-c3c(C)cc(C)cc3C)cccc21)[SiH](C)C. The first-order chi connectivity index (χ1) is 22.0. The fourth-order valence-electron chi connectivity index (χ4n) is 9.55. The van der Waals surface area contributed by atoms with Crippen LogP contribution in [0.15, 0.2) is 65.7 Å². The van der Waals surface area contributed by atoms with Crippen LogP contribution in [0, 0.1) is 54.4 Å². The van der Waals surface area contributed by atoms with Crippen LogP contribution in [0.25, 0.3) is 34.4 Å². The van der Waals surface area contributed by atoms with Crippen molar-refractivity contribution in [3.8, 4) is 22.3 Å². The molecule has 0 aliphatic heterocycles. The second kappa shape index (κ2) is 12.1. The molecular formula is C43H51Cl2SiZr. The average molecular weight is 758 g/mol. The molecule has 0 bridgehead atoms. The molecular weight excluding hydrogens is 707 g/mol. The minimum atomic E-state index is -4.87. The molecule has 4 aromatic carbocycles. The Morgan fingerprint density at radius 3 is 1.62 bits per heavy atom. The first-order valence-electron chi connectivity index (χ1n) is 17.4. The molecule has 2 unspecified atom stereocenters. The van der Waals surface area contributed by atoms with Gasteiger partial charge in [-0.15, -0.1) is 0 Å². The van der Waals surface area contributed by atoms with Crippen molar-refractivity contribution in [2.45, 2.75) is 89.6 Å². The molecule has 0 N–H and O–H groups in total. The third kappa shape index (κ3) is 5.31. The van der Waals surface area contributed by atoms with E-state index in [4.69, 9.17) is 17.0 Å². The second-order valence-electron chi connectivity index (χ2n) is 15.5. The number of hydrogen-bond acceptors (Lipinski definition) is 0. The minimum absolute atomic E-state index is 0.0806. The molecule has 2 aliphatic carbocycles. The third-order valence-electron chi connectivity index (χ3n) is 11.5. The van der Waals surface area contributed by atoms with Crippen molar-refractivity contribution >= 4 is 35.1 Å². The van der Waals surface area contributed by atoms with Crippen LogP contribution in [-0.2, 0) is 15.6 Å². The Morgan fingerprint density at radius 1 is 0.617 bits per heavy atom. The summed E-state index contributed by atoms with van der Waals surface area (Å²) < 4.78 is 0.162. The standard InChI is InChI=1S/C21H23.C20H21.C2H7Si.2ClH.Zr/c1-13(2)18-11-17-7-6-8-19(20(17)12-18)21-15(4)9-14(3)10-16(21)5;1-12-8-15(4)20(16(5)9-12)17-7-6-14(3)18-10-13(2)11-19(17)18;1-3-2;;;/h6-13H,1-5H3;6-11H,1-5H3;3H,1-2H3;2*1H;/q;;;;;+2/p-2. The second-order valence-corrected chi connectivity index (χ2v) is 58.1. The van der Waals surface area contributed by atoms with E-state index in [2.05, 4.69) is 149 Å².